The number of benzene rings is 1. The number of ether oxygens (including phenoxy) is 2. The first-order valence-corrected chi connectivity index (χ1v) is 8.63. The standard InChI is InChI=1S/C18H19N5O4/c1-12(24)22-4-6-23(7-5-22)18-19-9-13(10-20-18)17(25)21-14-2-3-15-16(8-14)27-11-26-15/h2-3,8-10H,4-7,11H2,1H3,(H,21,25). The molecule has 0 saturated carbocycles. The van der Waals surface area contributed by atoms with E-state index in [-0.39, 0.29) is 18.6 Å². The molecule has 2 aliphatic heterocycles. The highest BCUT2D eigenvalue weighted by molar-refractivity contribution is 6.04. The lowest BCUT2D eigenvalue weighted by Crippen LogP contribution is -2.48. The monoisotopic (exact) mass is 369 g/mol. The Balaban J connectivity index is 1.38. The molecular formula is C18H19N5O4. The van der Waals surface area contributed by atoms with Gasteiger partial charge in [0.2, 0.25) is 18.6 Å². The molecule has 0 bridgehead atoms. The Kier molecular flexibility index (Phi) is 4.49. The number of nitrogens with one attached hydrogen (secondary N) is 1. The van der Waals surface area contributed by atoms with Crippen LogP contribution in [0.3, 0.4) is 0 Å². The Morgan fingerprint density at radius 3 is 2.44 bits per heavy atom. The highest BCUT2D eigenvalue weighted by Gasteiger charge is 2.21. The number of rotatable bonds is 3. The van der Waals surface area contributed by atoms with E-state index in [4.69, 9.17) is 9.47 Å². The van der Waals surface area contributed by atoms with Crippen LogP contribution in [0, 0.1) is 0 Å². The number of hydrogen-bond acceptors (Lipinski definition) is 7. The lowest BCUT2D eigenvalue weighted by molar-refractivity contribution is -0.129. The summed E-state index contributed by atoms with van der Waals surface area (Å²) in [6.45, 7) is 4.38. The topological polar surface area (TPSA) is 96.9 Å². The number of nitrogens with zero attached hydrogens (tertiary/aromatic N) is 4. The van der Waals surface area contributed by atoms with E-state index < -0.39 is 0 Å². The van der Waals surface area contributed by atoms with Crippen LogP contribution < -0.4 is 19.7 Å². The van der Waals surface area contributed by atoms with Gasteiger partial charge in [0, 0.05) is 57.3 Å². The second-order valence-corrected chi connectivity index (χ2v) is 6.29. The van der Waals surface area contributed by atoms with Crippen molar-refractivity contribution < 1.29 is 19.1 Å². The molecule has 140 valence electrons. The second kappa shape index (κ2) is 7.10. The van der Waals surface area contributed by atoms with Gasteiger partial charge < -0.3 is 24.6 Å². The number of amides is 2. The predicted octanol–water partition coefficient (Wildman–Crippen LogP) is 1.13. The van der Waals surface area contributed by atoms with Crippen LogP contribution in [0.25, 0.3) is 0 Å². The molecule has 9 nitrogen and oxygen atoms in total. The summed E-state index contributed by atoms with van der Waals surface area (Å²) in [5.74, 6) is 1.58. The largest absolute Gasteiger partial charge is 0.454 e. The van der Waals surface area contributed by atoms with Crippen LogP contribution in [0.1, 0.15) is 17.3 Å². The van der Waals surface area contributed by atoms with Crippen LogP contribution >= 0.6 is 0 Å². The summed E-state index contributed by atoms with van der Waals surface area (Å²) in [6.07, 6.45) is 3.00. The van der Waals surface area contributed by atoms with E-state index in [0.717, 1.165) is 0 Å². The van der Waals surface area contributed by atoms with Gasteiger partial charge in [0.15, 0.2) is 11.5 Å². The zero-order chi connectivity index (χ0) is 18.8. The summed E-state index contributed by atoms with van der Waals surface area (Å²) in [7, 11) is 0. The minimum atomic E-state index is -0.304. The molecule has 27 heavy (non-hydrogen) atoms. The van der Waals surface area contributed by atoms with Gasteiger partial charge >= 0.3 is 0 Å². The van der Waals surface area contributed by atoms with Gasteiger partial charge in [-0.25, -0.2) is 9.97 Å². The first-order chi connectivity index (χ1) is 13.1. The van der Waals surface area contributed by atoms with Gasteiger partial charge in [-0.1, -0.05) is 0 Å². The smallest absolute Gasteiger partial charge is 0.258 e. The molecule has 0 spiro atoms. The third-order valence-corrected chi connectivity index (χ3v) is 4.54. The van der Waals surface area contributed by atoms with Crippen molar-refractivity contribution in [1.82, 2.24) is 14.9 Å². The van der Waals surface area contributed by atoms with E-state index in [9.17, 15) is 9.59 Å². The third kappa shape index (κ3) is 3.62. The maximum atomic E-state index is 12.4. The quantitative estimate of drug-likeness (QED) is 0.866. The Hall–Kier alpha value is -3.36. The van der Waals surface area contributed by atoms with Crippen molar-refractivity contribution in [3.63, 3.8) is 0 Å². The maximum absolute atomic E-state index is 12.4. The summed E-state index contributed by atoms with van der Waals surface area (Å²) in [4.78, 5) is 36.2. The van der Waals surface area contributed by atoms with Crippen molar-refractivity contribution in [2.45, 2.75) is 6.92 Å². The second-order valence-electron chi connectivity index (χ2n) is 6.29. The highest BCUT2D eigenvalue weighted by atomic mass is 16.7. The normalized spacial score (nSPS) is 15.6. The van der Waals surface area contributed by atoms with E-state index in [2.05, 4.69) is 15.3 Å². The van der Waals surface area contributed by atoms with Crippen molar-refractivity contribution in [2.75, 3.05) is 43.2 Å². The summed E-state index contributed by atoms with van der Waals surface area (Å²) < 4.78 is 10.6. The SMILES string of the molecule is CC(=O)N1CCN(c2ncc(C(=O)Nc3ccc4c(c3)OCO4)cn2)CC1. The average molecular weight is 369 g/mol. The van der Waals surface area contributed by atoms with Crippen LogP contribution in [0.4, 0.5) is 11.6 Å². The molecule has 4 rings (SSSR count). The van der Waals surface area contributed by atoms with Crippen LogP contribution in [0.15, 0.2) is 30.6 Å². The minimum Gasteiger partial charge on any atom is -0.454 e. The fourth-order valence-corrected chi connectivity index (χ4v) is 3.00. The van der Waals surface area contributed by atoms with Gasteiger partial charge in [0.25, 0.3) is 5.91 Å². The maximum Gasteiger partial charge on any atom is 0.258 e. The van der Waals surface area contributed by atoms with Crippen LogP contribution in [-0.4, -0.2) is 59.7 Å². The Morgan fingerprint density at radius 1 is 1.04 bits per heavy atom. The van der Waals surface area contributed by atoms with E-state index >= 15 is 0 Å². The summed E-state index contributed by atoms with van der Waals surface area (Å²) in [5.41, 5.74) is 0.965. The average Bonchev–Trinajstić information content (AvgIpc) is 3.16. The van der Waals surface area contributed by atoms with Gasteiger partial charge in [-0.05, 0) is 12.1 Å². The molecule has 1 aromatic carbocycles. The van der Waals surface area contributed by atoms with E-state index in [0.29, 0.717) is 54.9 Å². The fourth-order valence-electron chi connectivity index (χ4n) is 3.00. The molecule has 0 radical (unpaired) electrons. The molecule has 9 heteroatoms. The van der Waals surface area contributed by atoms with Crippen LogP contribution in [0.2, 0.25) is 0 Å². The molecule has 0 atom stereocenters. The molecule has 3 heterocycles. The zero-order valence-electron chi connectivity index (χ0n) is 14.8. The minimum absolute atomic E-state index is 0.0751. The van der Waals surface area contributed by atoms with Crippen LogP contribution in [0.5, 0.6) is 11.5 Å². The molecule has 2 amide bonds. The molecule has 1 fully saturated rings. The molecule has 1 aromatic heterocycles. The lowest BCUT2D eigenvalue weighted by atomic mass is 10.2. The number of carbonyl (C=O) groups is 2. The Labute approximate surface area is 155 Å². The molecule has 0 aliphatic carbocycles. The van der Waals surface area contributed by atoms with Crippen molar-refractivity contribution in [1.29, 1.82) is 0 Å². The Bertz CT molecular complexity index is 863. The van der Waals surface area contributed by atoms with E-state index in [1.165, 1.54) is 12.4 Å². The molecule has 2 aromatic rings. The Morgan fingerprint density at radius 2 is 1.74 bits per heavy atom. The first kappa shape index (κ1) is 17.1. The van der Waals surface area contributed by atoms with Crippen molar-refractivity contribution >= 4 is 23.5 Å². The van der Waals surface area contributed by atoms with Crippen molar-refractivity contribution in [3.8, 4) is 11.5 Å². The zero-order valence-corrected chi connectivity index (χ0v) is 14.8. The summed E-state index contributed by atoms with van der Waals surface area (Å²) >= 11 is 0. The van der Waals surface area contributed by atoms with Crippen LogP contribution in [-0.2, 0) is 4.79 Å². The number of hydrogen-bond donors (Lipinski definition) is 1. The number of aromatic nitrogens is 2. The van der Waals surface area contributed by atoms with Gasteiger partial charge in [-0.15, -0.1) is 0 Å². The first-order valence-electron chi connectivity index (χ1n) is 8.63. The molecule has 0 unspecified atom stereocenters. The molecule has 2 aliphatic rings. The van der Waals surface area contributed by atoms with Gasteiger partial charge in [0.05, 0.1) is 5.56 Å². The highest BCUT2D eigenvalue weighted by Crippen LogP contribution is 2.34. The number of carbonyl (C=O) groups excluding carboxylic acids is 2. The number of anilines is 2. The number of fused-ring (bicyclic) bond motifs is 1. The third-order valence-electron chi connectivity index (χ3n) is 4.54. The van der Waals surface area contributed by atoms with Crippen molar-refractivity contribution in [2.24, 2.45) is 0 Å². The number of piperazine rings is 1. The fraction of sp³-hybridized carbons (Fsp3) is 0.333. The van der Waals surface area contributed by atoms with E-state index in [1.807, 2.05) is 4.90 Å². The van der Waals surface area contributed by atoms with Gasteiger partial charge in [-0.3, -0.25) is 9.59 Å². The lowest BCUT2D eigenvalue weighted by Gasteiger charge is -2.34. The summed E-state index contributed by atoms with van der Waals surface area (Å²) in [6, 6.07) is 5.21. The van der Waals surface area contributed by atoms with Gasteiger partial charge in [0.1, 0.15) is 0 Å². The predicted molar refractivity (Wildman–Crippen MR) is 97.0 cm³/mol. The van der Waals surface area contributed by atoms with Gasteiger partial charge in [-0.2, -0.15) is 0 Å². The van der Waals surface area contributed by atoms with Crippen molar-refractivity contribution in [3.05, 3.63) is 36.2 Å². The molecular weight excluding hydrogens is 350 g/mol. The molecule has 1 N–H and O–H groups in total. The molecule has 1 saturated heterocycles. The summed E-state index contributed by atoms with van der Waals surface area (Å²) in [5, 5.41) is 2.79. The van der Waals surface area contributed by atoms with E-state index in [1.54, 1.807) is 30.0 Å².